The van der Waals surface area contributed by atoms with Crippen LogP contribution in [0.15, 0.2) is 41.5 Å². The van der Waals surface area contributed by atoms with E-state index in [2.05, 4.69) is 32.9 Å². The van der Waals surface area contributed by atoms with Gasteiger partial charge in [0.1, 0.15) is 6.29 Å². The van der Waals surface area contributed by atoms with E-state index in [9.17, 15) is 4.79 Å². The first kappa shape index (κ1) is 13.4. The fourth-order valence-electron chi connectivity index (χ4n) is 1.62. The number of benzene rings is 1. The van der Waals surface area contributed by atoms with Gasteiger partial charge in [0, 0.05) is 5.56 Å². The number of aldehydes is 1. The summed E-state index contributed by atoms with van der Waals surface area (Å²) >= 11 is 0. The summed E-state index contributed by atoms with van der Waals surface area (Å²) in [6, 6.07) is 7.66. The summed E-state index contributed by atoms with van der Waals surface area (Å²) < 4.78 is 0. The molecule has 0 spiro atoms. The second kappa shape index (κ2) is 6.85. The molecule has 0 radical (unpaired) electrons. The Hall–Kier alpha value is -1.63. The molecule has 1 rings (SSSR count). The number of hydrogen-bond acceptors (Lipinski definition) is 1. The van der Waals surface area contributed by atoms with E-state index in [1.54, 1.807) is 0 Å². The summed E-state index contributed by atoms with van der Waals surface area (Å²) in [4.78, 5) is 10.5. The van der Waals surface area contributed by atoms with E-state index < -0.39 is 0 Å². The Labute approximate surface area is 104 Å². The summed E-state index contributed by atoms with van der Waals surface area (Å²) in [6.45, 7) is 6.39. The Morgan fingerprint density at radius 2 is 1.65 bits per heavy atom. The van der Waals surface area contributed by atoms with Crippen LogP contribution in [0.3, 0.4) is 0 Å². The highest BCUT2D eigenvalue weighted by Gasteiger charge is 1.93. The number of carbonyl (C=O) groups is 1. The molecule has 0 aliphatic heterocycles. The summed E-state index contributed by atoms with van der Waals surface area (Å²) in [5.74, 6) is 0. The predicted octanol–water partition coefficient (Wildman–Crippen LogP) is 4.65. The van der Waals surface area contributed by atoms with Crippen molar-refractivity contribution in [3.05, 3.63) is 52.6 Å². The molecule has 1 nitrogen and oxygen atoms in total. The van der Waals surface area contributed by atoms with E-state index >= 15 is 0 Å². The van der Waals surface area contributed by atoms with Crippen molar-refractivity contribution in [1.29, 1.82) is 0 Å². The van der Waals surface area contributed by atoms with Gasteiger partial charge in [0.15, 0.2) is 0 Å². The van der Waals surface area contributed by atoms with Gasteiger partial charge in [-0.15, -0.1) is 0 Å². The molecule has 0 N–H and O–H groups in total. The van der Waals surface area contributed by atoms with Crippen molar-refractivity contribution in [3.63, 3.8) is 0 Å². The lowest BCUT2D eigenvalue weighted by molar-refractivity contribution is 0.112. The minimum Gasteiger partial charge on any atom is -0.298 e. The van der Waals surface area contributed by atoms with E-state index in [4.69, 9.17) is 0 Å². The smallest absolute Gasteiger partial charge is 0.150 e. The zero-order valence-electron chi connectivity index (χ0n) is 10.9. The third-order valence-electron chi connectivity index (χ3n) is 2.58. The first-order valence-electron chi connectivity index (χ1n) is 5.97. The summed E-state index contributed by atoms with van der Waals surface area (Å²) in [5.41, 5.74) is 4.61. The molecule has 0 unspecified atom stereocenters. The zero-order chi connectivity index (χ0) is 12.7. The highest BCUT2D eigenvalue weighted by molar-refractivity contribution is 5.75. The molecule has 0 atom stereocenters. The molecule has 1 aromatic rings. The second-order valence-corrected chi connectivity index (χ2v) is 4.60. The van der Waals surface area contributed by atoms with E-state index in [0.29, 0.717) is 0 Å². The molecule has 0 saturated carbocycles. The second-order valence-electron chi connectivity index (χ2n) is 4.60. The van der Waals surface area contributed by atoms with E-state index in [1.807, 2.05) is 24.3 Å². The van der Waals surface area contributed by atoms with Crippen molar-refractivity contribution in [3.8, 4) is 0 Å². The molecule has 0 aromatic heterocycles. The van der Waals surface area contributed by atoms with Crippen LogP contribution in [0.5, 0.6) is 0 Å². The van der Waals surface area contributed by atoms with Crippen LogP contribution in [-0.4, -0.2) is 6.29 Å². The van der Waals surface area contributed by atoms with E-state index in [1.165, 1.54) is 11.1 Å². The van der Waals surface area contributed by atoms with Crippen LogP contribution < -0.4 is 0 Å². The molecule has 0 heterocycles. The van der Waals surface area contributed by atoms with Gasteiger partial charge < -0.3 is 0 Å². The number of carbonyl (C=O) groups excluding carboxylic acids is 1. The van der Waals surface area contributed by atoms with Crippen LogP contribution in [0, 0.1) is 0 Å². The lowest BCUT2D eigenvalue weighted by Gasteiger charge is -2.00. The number of hydrogen-bond donors (Lipinski definition) is 0. The standard InChI is InChI=1S/C16H20O/c1-13(2)5-4-6-14(3)11-15-7-9-16(12-17)10-8-15/h5,7-12H,4,6H2,1-3H3/b14-11+. The molecular formula is C16H20O. The van der Waals surface area contributed by atoms with Gasteiger partial charge in [-0.2, -0.15) is 0 Å². The molecule has 0 saturated heterocycles. The van der Waals surface area contributed by atoms with Crippen molar-refractivity contribution in [2.75, 3.05) is 0 Å². The number of allylic oxidation sites excluding steroid dienone is 3. The third kappa shape index (κ3) is 5.30. The van der Waals surface area contributed by atoms with Crippen LogP contribution in [0.25, 0.3) is 6.08 Å². The molecule has 1 heteroatoms. The maximum absolute atomic E-state index is 10.5. The van der Waals surface area contributed by atoms with Crippen molar-refractivity contribution in [2.45, 2.75) is 33.6 Å². The highest BCUT2D eigenvalue weighted by atomic mass is 16.1. The molecule has 90 valence electrons. The van der Waals surface area contributed by atoms with Gasteiger partial charge in [0.05, 0.1) is 0 Å². The molecule has 1 aromatic carbocycles. The molecule has 0 amide bonds. The van der Waals surface area contributed by atoms with Crippen LogP contribution in [0.4, 0.5) is 0 Å². The summed E-state index contributed by atoms with van der Waals surface area (Å²) in [5, 5.41) is 0. The van der Waals surface area contributed by atoms with Crippen molar-refractivity contribution in [1.82, 2.24) is 0 Å². The van der Waals surface area contributed by atoms with Gasteiger partial charge >= 0.3 is 0 Å². The van der Waals surface area contributed by atoms with Crippen molar-refractivity contribution >= 4 is 12.4 Å². The van der Waals surface area contributed by atoms with Crippen molar-refractivity contribution < 1.29 is 4.79 Å². The fourth-order valence-corrected chi connectivity index (χ4v) is 1.62. The Balaban J connectivity index is 2.60. The Morgan fingerprint density at radius 3 is 2.18 bits per heavy atom. The summed E-state index contributed by atoms with van der Waals surface area (Å²) in [7, 11) is 0. The molecule has 0 aliphatic rings. The van der Waals surface area contributed by atoms with Crippen LogP contribution in [0.2, 0.25) is 0 Å². The SMILES string of the molecule is CC(C)=CCC/C(C)=C/c1ccc(C=O)cc1. The average Bonchev–Trinajstić information content (AvgIpc) is 2.29. The quantitative estimate of drug-likeness (QED) is 0.529. The summed E-state index contributed by atoms with van der Waals surface area (Å²) in [6.07, 6.45) is 7.48. The minimum atomic E-state index is 0.726. The zero-order valence-corrected chi connectivity index (χ0v) is 10.9. The Morgan fingerprint density at radius 1 is 1.06 bits per heavy atom. The highest BCUT2D eigenvalue weighted by Crippen LogP contribution is 2.12. The molecule has 0 fully saturated rings. The maximum Gasteiger partial charge on any atom is 0.150 e. The topological polar surface area (TPSA) is 17.1 Å². The van der Waals surface area contributed by atoms with Gasteiger partial charge in [-0.25, -0.2) is 0 Å². The van der Waals surface area contributed by atoms with Crippen LogP contribution in [-0.2, 0) is 0 Å². The molecule has 0 bridgehead atoms. The van der Waals surface area contributed by atoms with Crippen molar-refractivity contribution in [2.24, 2.45) is 0 Å². The maximum atomic E-state index is 10.5. The lowest BCUT2D eigenvalue weighted by Crippen LogP contribution is -1.81. The Kier molecular flexibility index (Phi) is 5.41. The third-order valence-corrected chi connectivity index (χ3v) is 2.58. The van der Waals surface area contributed by atoms with Crippen LogP contribution in [0.1, 0.15) is 49.5 Å². The van der Waals surface area contributed by atoms with Gasteiger partial charge in [-0.1, -0.05) is 47.6 Å². The monoisotopic (exact) mass is 228 g/mol. The fraction of sp³-hybridized carbons (Fsp3) is 0.312. The lowest BCUT2D eigenvalue weighted by atomic mass is 10.1. The average molecular weight is 228 g/mol. The minimum absolute atomic E-state index is 0.726. The molecule has 0 aliphatic carbocycles. The number of rotatable bonds is 5. The van der Waals surface area contributed by atoms with E-state index in [0.717, 1.165) is 30.3 Å². The van der Waals surface area contributed by atoms with E-state index in [-0.39, 0.29) is 0 Å². The predicted molar refractivity (Wildman–Crippen MR) is 74.1 cm³/mol. The first-order valence-corrected chi connectivity index (χ1v) is 5.97. The normalized spacial score (nSPS) is 11.1. The van der Waals surface area contributed by atoms with Crippen LogP contribution >= 0.6 is 0 Å². The Bertz CT molecular complexity index is 417. The van der Waals surface area contributed by atoms with Gasteiger partial charge in [-0.3, -0.25) is 4.79 Å². The van der Waals surface area contributed by atoms with Gasteiger partial charge in [0.25, 0.3) is 0 Å². The first-order chi connectivity index (χ1) is 8.11. The van der Waals surface area contributed by atoms with Gasteiger partial charge in [-0.05, 0) is 39.2 Å². The molecular weight excluding hydrogens is 208 g/mol. The van der Waals surface area contributed by atoms with Gasteiger partial charge in [0.2, 0.25) is 0 Å². The molecule has 17 heavy (non-hydrogen) atoms. The largest absolute Gasteiger partial charge is 0.298 e.